The van der Waals surface area contributed by atoms with E-state index in [1.54, 1.807) is 0 Å². The van der Waals surface area contributed by atoms with Crippen LogP contribution in [0.25, 0.3) is 0 Å². The number of unbranched alkanes of at least 4 members (excludes halogenated alkanes) is 2. The first-order chi connectivity index (χ1) is 10.9. The van der Waals surface area contributed by atoms with Crippen LogP contribution in [0, 0.1) is 0 Å². The summed E-state index contributed by atoms with van der Waals surface area (Å²) >= 11 is 0. The maximum Gasteiger partial charge on any atom is 0.0720 e. The zero-order valence-corrected chi connectivity index (χ0v) is 13.7. The highest BCUT2D eigenvalue weighted by molar-refractivity contribution is 5.15. The fourth-order valence-corrected chi connectivity index (χ4v) is 2.69. The predicted octanol–water partition coefficient (Wildman–Crippen LogP) is 5.78. The second-order valence-corrected chi connectivity index (χ2v) is 5.94. The van der Waals surface area contributed by atoms with Crippen molar-refractivity contribution in [1.29, 1.82) is 0 Å². The smallest absolute Gasteiger partial charge is 0.0720 e. The molecule has 1 nitrogen and oxygen atoms in total. The molecular formula is C21H28O. The third kappa shape index (κ3) is 6.44. The van der Waals surface area contributed by atoms with E-state index < -0.39 is 0 Å². The van der Waals surface area contributed by atoms with Gasteiger partial charge in [0, 0.05) is 0 Å². The minimum atomic E-state index is 0.368. The fraction of sp³-hybridized carbons (Fsp3) is 0.429. The van der Waals surface area contributed by atoms with Crippen LogP contribution < -0.4 is 0 Å². The molecule has 2 aromatic rings. The van der Waals surface area contributed by atoms with Crippen LogP contribution in [0.5, 0.6) is 0 Å². The van der Waals surface area contributed by atoms with Crippen LogP contribution >= 0.6 is 0 Å². The van der Waals surface area contributed by atoms with E-state index in [1.165, 1.54) is 36.8 Å². The zero-order chi connectivity index (χ0) is 15.5. The summed E-state index contributed by atoms with van der Waals surface area (Å²) in [5, 5.41) is 0. The molecule has 0 aliphatic carbocycles. The van der Waals surface area contributed by atoms with Gasteiger partial charge >= 0.3 is 0 Å². The van der Waals surface area contributed by atoms with E-state index >= 15 is 0 Å². The van der Waals surface area contributed by atoms with Gasteiger partial charge in [-0.05, 0) is 30.4 Å². The van der Waals surface area contributed by atoms with Crippen LogP contribution in [0.2, 0.25) is 0 Å². The van der Waals surface area contributed by atoms with Crippen LogP contribution in [-0.4, -0.2) is 6.10 Å². The molecule has 0 saturated carbocycles. The quantitative estimate of drug-likeness (QED) is 0.505. The van der Waals surface area contributed by atoms with Crippen molar-refractivity contribution in [2.24, 2.45) is 0 Å². The van der Waals surface area contributed by atoms with Gasteiger partial charge in [-0.15, -0.1) is 0 Å². The number of rotatable bonds is 10. The van der Waals surface area contributed by atoms with Gasteiger partial charge in [0.1, 0.15) is 0 Å². The molecule has 2 rings (SSSR count). The molecular weight excluding hydrogens is 268 g/mol. The van der Waals surface area contributed by atoms with Crippen LogP contribution in [0.15, 0.2) is 60.7 Å². The lowest BCUT2D eigenvalue weighted by Crippen LogP contribution is -2.14. The minimum Gasteiger partial charge on any atom is -0.374 e. The van der Waals surface area contributed by atoms with E-state index in [-0.39, 0.29) is 0 Å². The van der Waals surface area contributed by atoms with E-state index in [4.69, 9.17) is 4.74 Å². The first kappa shape index (κ1) is 16.8. The molecule has 0 bridgehead atoms. The van der Waals surface area contributed by atoms with Crippen molar-refractivity contribution in [2.75, 3.05) is 0 Å². The monoisotopic (exact) mass is 296 g/mol. The van der Waals surface area contributed by atoms with Crippen molar-refractivity contribution in [3.8, 4) is 0 Å². The Bertz CT molecular complexity index is 448. The molecule has 0 aliphatic rings. The van der Waals surface area contributed by atoms with E-state index in [2.05, 4.69) is 67.6 Å². The minimum absolute atomic E-state index is 0.368. The molecule has 0 spiro atoms. The molecule has 1 unspecified atom stereocenters. The van der Waals surface area contributed by atoms with Gasteiger partial charge in [0.05, 0.1) is 12.7 Å². The van der Waals surface area contributed by atoms with Crippen molar-refractivity contribution >= 4 is 0 Å². The average molecular weight is 296 g/mol. The second kappa shape index (κ2) is 10.2. The zero-order valence-electron chi connectivity index (χ0n) is 13.7. The van der Waals surface area contributed by atoms with Gasteiger partial charge < -0.3 is 4.74 Å². The first-order valence-electron chi connectivity index (χ1n) is 8.58. The highest BCUT2D eigenvalue weighted by Gasteiger charge is 2.09. The van der Waals surface area contributed by atoms with Gasteiger partial charge in [-0.3, -0.25) is 0 Å². The predicted molar refractivity (Wildman–Crippen MR) is 93.9 cm³/mol. The molecule has 1 heteroatoms. The molecule has 0 amide bonds. The number of aryl methyl sites for hydroxylation is 1. The third-order valence-corrected chi connectivity index (χ3v) is 4.06. The Hall–Kier alpha value is -1.60. The summed E-state index contributed by atoms with van der Waals surface area (Å²) in [6.07, 6.45) is 7.60. The molecule has 118 valence electrons. The van der Waals surface area contributed by atoms with E-state index in [0.717, 1.165) is 19.4 Å². The van der Waals surface area contributed by atoms with Gasteiger partial charge in [0.15, 0.2) is 0 Å². The van der Waals surface area contributed by atoms with Crippen molar-refractivity contribution in [2.45, 2.75) is 58.2 Å². The highest BCUT2D eigenvalue weighted by Crippen LogP contribution is 2.16. The lowest BCUT2D eigenvalue weighted by Gasteiger charge is -2.18. The van der Waals surface area contributed by atoms with Crippen LogP contribution in [0.1, 0.15) is 50.2 Å². The Kier molecular flexibility index (Phi) is 7.76. The molecule has 1 atom stereocenters. The van der Waals surface area contributed by atoms with Gasteiger partial charge in [-0.25, -0.2) is 0 Å². The standard InChI is InChI=1S/C21H28O/c1-2-3-6-15-21(17-16-19-11-7-4-8-12-19)22-18-20-13-9-5-10-14-20/h4-5,7-14,21H,2-3,6,15-18H2,1H3. The van der Waals surface area contributed by atoms with Crippen molar-refractivity contribution in [3.63, 3.8) is 0 Å². The number of ether oxygens (including phenoxy) is 1. The molecule has 0 radical (unpaired) electrons. The highest BCUT2D eigenvalue weighted by atomic mass is 16.5. The van der Waals surface area contributed by atoms with Gasteiger partial charge in [0.2, 0.25) is 0 Å². The van der Waals surface area contributed by atoms with Crippen molar-refractivity contribution in [3.05, 3.63) is 71.8 Å². The average Bonchev–Trinajstić information content (AvgIpc) is 2.59. The summed E-state index contributed by atoms with van der Waals surface area (Å²) in [7, 11) is 0. The normalized spacial score (nSPS) is 12.2. The second-order valence-electron chi connectivity index (χ2n) is 5.94. The lowest BCUT2D eigenvalue weighted by atomic mass is 10.0. The largest absolute Gasteiger partial charge is 0.374 e. The summed E-state index contributed by atoms with van der Waals surface area (Å²) in [5.74, 6) is 0. The van der Waals surface area contributed by atoms with Crippen LogP contribution in [0.3, 0.4) is 0 Å². The van der Waals surface area contributed by atoms with Gasteiger partial charge in [-0.2, -0.15) is 0 Å². The summed E-state index contributed by atoms with van der Waals surface area (Å²) < 4.78 is 6.20. The molecule has 0 fully saturated rings. The van der Waals surface area contributed by atoms with Gasteiger partial charge in [0.25, 0.3) is 0 Å². The Labute approximate surface area is 135 Å². The first-order valence-corrected chi connectivity index (χ1v) is 8.58. The number of hydrogen-bond donors (Lipinski definition) is 0. The maximum atomic E-state index is 6.20. The Morgan fingerprint density at radius 2 is 1.41 bits per heavy atom. The molecule has 0 saturated heterocycles. The summed E-state index contributed by atoms with van der Waals surface area (Å²) in [5.41, 5.74) is 2.68. The maximum absolute atomic E-state index is 6.20. The summed E-state index contributed by atoms with van der Waals surface area (Å²) in [6, 6.07) is 21.2. The molecule has 0 aliphatic heterocycles. The lowest BCUT2D eigenvalue weighted by molar-refractivity contribution is 0.0280. The van der Waals surface area contributed by atoms with E-state index in [0.29, 0.717) is 6.10 Å². The molecule has 0 heterocycles. The van der Waals surface area contributed by atoms with E-state index in [1.807, 2.05) is 0 Å². The summed E-state index contributed by atoms with van der Waals surface area (Å²) in [4.78, 5) is 0. The molecule has 2 aromatic carbocycles. The summed E-state index contributed by atoms with van der Waals surface area (Å²) in [6.45, 7) is 2.98. The molecule has 0 N–H and O–H groups in total. The van der Waals surface area contributed by atoms with Crippen molar-refractivity contribution < 1.29 is 4.74 Å². The topological polar surface area (TPSA) is 9.23 Å². The van der Waals surface area contributed by atoms with Crippen LogP contribution in [0.4, 0.5) is 0 Å². The molecule has 0 aromatic heterocycles. The van der Waals surface area contributed by atoms with Crippen LogP contribution in [-0.2, 0) is 17.8 Å². The van der Waals surface area contributed by atoms with Gasteiger partial charge in [-0.1, -0.05) is 86.8 Å². The van der Waals surface area contributed by atoms with E-state index in [9.17, 15) is 0 Å². The number of benzene rings is 2. The van der Waals surface area contributed by atoms with Crippen molar-refractivity contribution in [1.82, 2.24) is 0 Å². The molecule has 22 heavy (non-hydrogen) atoms. The third-order valence-electron chi connectivity index (χ3n) is 4.06. The Morgan fingerprint density at radius 1 is 0.773 bits per heavy atom. The Morgan fingerprint density at radius 3 is 2.05 bits per heavy atom. The Balaban J connectivity index is 1.82. The number of hydrogen-bond acceptors (Lipinski definition) is 1. The fourth-order valence-electron chi connectivity index (χ4n) is 2.69. The SMILES string of the molecule is CCCCCC(CCc1ccccc1)OCc1ccccc1.